The molecule has 0 radical (unpaired) electrons. The standard InChI is InChI=1S/C10H14N2O6/c13-8(14)4-1-2-12-7(10(17)18)5(4)3-6(11-12)9(15)16/h4-7,11H,1-3H2,(H,13,14)(H,15,16)(H,17,18). The lowest BCUT2D eigenvalue weighted by Gasteiger charge is -2.47. The van der Waals surface area contributed by atoms with Crippen LogP contribution in [0.25, 0.3) is 0 Å². The van der Waals surface area contributed by atoms with Gasteiger partial charge in [-0.3, -0.25) is 14.4 Å². The molecule has 0 aliphatic carbocycles. The second-order valence-corrected chi connectivity index (χ2v) is 4.63. The predicted molar refractivity (Wildman–Crippen MR) is 56.5 cm³/mol. The number of hydrogen-bond acceptors (Lipinski definition) is 5. The summed E-state index contributed by atoms with van der Waals surface area (Å²) in [6, 6.07) is -1.90. The van der Waals surface area contributed by atoms with Crippen LogP contribution in [0.1, 0.15) is 12.8 Å². The van der Waals surface area contributed by atoms with Crippen molar-refractivity contribution in [2.24, 2.45) is 11.8 Å². The van der Waals surface area contributed by atoms with Crippen molar-refractivity contribution in [1.29, 1.82) is 0 Å². The Hall–Kier alpha value is -1.67. The van der Waals surface area contributed by atoms with Gasteiger partial charge in [-0.2, -0.15) is 0 Å². The fourth-order valence-corrected chi connectivity index (χ4v) is 2.82. The number of carboxylic acids is 3. The van der Waals surface area contributed by atoms with E-state index in [4.69, 9.17) is 15.3 Å². The van der Waals surface area contributed by atoms with Crippen LogP contribution in [0.4, 0.5) is 0 Å². The average molecular weight is 258 g/mol. The minimum Gasteiger partial charge on any atom is -0.481 e. The molecule has 2 rings (SSSR count). The Balaban J connectivity index is 2.28. The lowest BCUT2D eigenvalue weighted by molar-refractivity contribution is -0.170. The van der Waals surface area contributed by atoms with E-state index in [2.05, 4.69) is 5.43 Å². The zero-order chi connectivity index (χ0) is 13.4. The van der Waals surface area contributed by atoms with Crippen LogP contribution in [0.5, 0.6) is 0 Å². The number of nitrogens with one attached hydrogen (secondary N) is 1. The maximum absolute atomic E-state index is 11.2. The zero-order valence-electron chi connectivity index (χ0n) is 9.44. The van der Waals surface area contributed by atoms with Crippen LogP contribution in [0.2, 0.25) is 0 Å². The van der Waals surface area contributed by atoms with Crippen LogP contribution >= 0.6 is 0 Å². The number of hydrazine groups is 1. The molecular formula is C10H14N2O6. The van der Waals surface area contributed by atoms with Gasteiger partial charge < -0.3 is 15.3 Å². The molecule has 2 aliphatic heterocycles. The largest absolute Gasteiger partial charge is 0.481 e. The summed E-state index contributed by atoms with van der Waals surface area (Å²) in [6.45, 7) is 0.216. The number of carboxylic acid groups (broad SMARTS) is 3. The third kappa shape index (κ3) is 2.04. The van der Waals surface area contributed by atoms with E-state index in [1.54, 1.807) is 0 Å². The molecule has 4 N–H and O–H groups in total. The van der Waals surface area contributed by atoms with E-state index in [0.29, 0.717) is 6.42 Å². The molecule has 0 spiro atoms. The molecule has 0 amide bonds. The number of hydrogen-bond donors (Lipinski definition) is 4. The molecule has 5 atom stereocenters. The third-order valence-electron chi connectivity index (χ3n) is 3.64. The van der Waals surface area contributed by atoms with Gasteiger partial charge in [0.1, 0.15) is 12.1 Å². The van der Waals surface area contributed by atoms with E-state index in [1.807, 2.05) is 0 Å². The van der Waals surface area contributed by atoms with E-state index < -0.39 is 41.8 Å². The van der Waals surface area contributed by atoms with Gasteiger partial charge in [-0.05, 0) is 12.8 Å². The van der Waals surface area contributed by atoms with Crippen LogP contribution < -0.4 is 5.43 Å². The number of fused-ring (bicyclic) bond motifs is 2. The highest BCUT2D eigenvalue weighted by molar-refractivity contribution is 5.79. The molecule has 8 nitrogen and oxygen atoms in total. The van der Waals surface area contributed by atoms with Crippen molar-refractivity contribution in [2.45, 2.75) is 24.9 Å². The van der Waals surface area contributed by atoms with Crippen molar-refractivity contribution < 1.29 is 29.7 Å². The van der Waals surface area contributed by atoms with Gasteiger partial charge in [0.05, 0.1) is 5.92 Å². The summed E-state index contributed by atoms with van der Waals surface area (Å²) < 4.78 is 0. The van der Waals surface area contributed by atoms with Crippen LogP contribution in [0.3, 0.4) is 0 Å². The molecule has 2 aliphatic rings. The SMILES string of the molecule is O=C(O)C1CC2C(C(=O)O)CCN(N1)C2C(=O)O. The van der Waals surface area contributed by atoms with Crippen molar-refractivity contribution in [1.82, 2.24) is 10.4 Å². The summed E-state index contributed by atoms with van der Waals surface area (Å²) in [7, 11) is 0. The maximum Gasteiger partial charge on any atom is 0.322 e. The smallest absolute Gasteiger partial charge is 0.322 e. The summed E-state index contributed by atoms with van der Waals surface area (Å²) in [4.78, 5) is 33.3. The highest BCUT2D eigenvalue weighted by atomic mass is 16.4. The Morgan fingerprint density at radius 3 is 2.22 bits per heavy atom. The molecule has 5 unspecified atom stereocenters. The Morgan fingerprint density at radius 1 is 1.06 bits per heavy atom. The van der Waals surface area contributed by atoms with Crippen molar-refractivity contribution in [2.75, 3.05) is 6.54 Å². The second-order valence-electron chi connectivity index (χ2n) is 4.63. The molecule has 18 heavy (non-hydrogen) atoms. The molecule has 8 heteroatoms. The first kappa shape index (κ1) is 12.8. The van der Waals surface area contributed by atoms with Crippen LogP contribution in [-0.2, 0) is 14.4 Å². The first-order chi connectivity index (χ1) is 8.41. The van der Waals surface area contributed by atoms with Crippen molar-refractivity contribution in [3.05, 3.63) is 0 Å². The summed E-state index contributed by atoms with van der Waals surface area (Å²) in [5.41, 5.74) is 2.64. The van der Waals surface area contributed by atoms with Gasteiger partial charge >= 0.3 is 17.9 Å². The first-order valence-corrected chi connectivity index (χ1v) is 5.63. The second kappa shape index (κ2) is 4.54. The average Bonchev–Trinajstić information content (AvgIpc) is 2.26. The van der Waals surface area contributed by atoms with Gasteiger partial charge in [0, 0.05) is 12.5 Å². The Morgan fingerprint density at radius 2 is 1.72 bits per heavy atom. The molecule has 2 bridgehead atoms. The molecule has 2 heterocycles. The Kier molecular flexibility index (Phi) is 3.22. The van der Waals surface area contributed by atoms with Gasteiger partial charge in [0.25, 0.3) is 0 Å². The van der Waals surface area contributed by atoms with Crippen LogP contribution in [0, 0.1) is 11.8 Å². The monoisotopic (exact) mass is 258 g/mol. The van der Waals surface area contributed by atoms with Gasteiger partial charge in [0.2, 0.25) is 0 Å². The Bertz CT molecular complexity index is 398. The van der Waals surface area contributed by atoms with Gasteiger partial charge in [0.15, 0.2) is 0 Å². The summed E-state index contributed by atoms with van der Waals surface area (Å²) >= 11 is 0. The number of rotatable bonds is 3. The summed E-state index contributed by atoms with van der Waals surface area (Å²) in [5.74, 6) is -4.76. The fraction of sp³-hybridized carbons (Fsp3) is 0.700. The lowest BCUT2D eigenvalue weighted by atomic mass is 9.75. The van der Waals surface area contributed by atoms with E-state index in [0.717, 1.165) is 0 Å². The molecule has 0 saturated carbocycles. The number of carbonyl (C=O) groups is 3. The van der Waals surface area contributed by atoms with Crippen LogP contribution in [0.15, 0.2) is 0 Å². The van der Waals surface area contributed by atoms with Gasteiger partial charge in [-0.25, -0.2) is 10.4 Å². The number of nitrogens with zero attached hydrogens (tertiary/aromatic N) is 1. The third-order valence-corrected chi connectivity index (χ3v) is 3.64. The summed E-state index contributed by atoms with van der Waals surface area (Å²) in [6.07, 6.45) is 0.336. The lowest BCUT2D eigenvalue weighted by Crippen LogP contribution is -2.67. The first-order valence-electron chi connectivity index (χ1n) is 5.63. The van der Waals surface area contributed by atoms with Crippen LogP contribution in [-0.4, -0.2) is 56.9 Å². The summed E-state index contributed by atoms with van der Waals surface area (Å²) in [5, 5.41) is 28.5. The molecule has 2 saturated heterocycles. The minimum atomic E-state index is -1.12. The highest BCUT2D eigenvalue weighted by Gasteiger charge is 2.50. The van der Waals surface area contributed by atoms with Crippen molar-refractivity contribution in [3.8, 4) is 0 Å². The minimum absolute atomic E-state index is 0.0137. The molecule has 0 aromatic carbocycles. The topological polar surface area (TPSA) is 127 Å². The van der Waals surface area contributed by atoms with E-state index in [-0.39, 0.29) is 13.0 Å². The van der Waals surface area contributed by atoms with E-state index in [1.165, 1.54) is 5.01 Å². The normalized spacial score (nSPS) is 39.0. The van der Waals surface area contributed by atoms with Crippen molar-refractivity contribution in [3.63, 3.8) is 0 Å². The zero-order valence-corrected chi connectivity index (χ0v) is 9.44. The van der Waals surface area contributed by atoms with E-state index >= 15 is 0 Å². The predicted octanol–water partition coefficient (Wildman–Crippen LogP) is -1.18. The van der Waals surface area contributed by atoms with E-state index in [9.17, 15) is 14.4 Å². The number of piperidine rings is 1. The molecular weight excluding hydrogens is 244 g/mol. The fourth-order valence-electron chi connectivity index (χ4n) is 2.82. The van der Waals surface area contributed by atoms with Gasteiger partial charge in [-0.15, -0.1) is 0 Å². The quantitative estimate of drug-likeness (QED) is 0.498. The molecule has 0 aromatic rings. The molecule has 0 aromatic heterocycles. The Labute approximate surface area is 102 Å². The highest BCUT2D eigenvalue weighted by Crippen LogP contribution is 2.35. The molecule has 2 fully saturated rings. The number of aliphatic carboxylic acids is 3. The van der Waals surface area contributed by atoms with Crippen molar-refractivity contribution >= 4 is 17.9 Å². The maximum atomic E-state index is 11.2. The van der Waals surface area contributed by atoms with Gasteiger partial charge in [-0.1, -0.05) is 0 Å². The molecule has 100 valence electrons.